The molecule has 4 rings (SSSR count). The van der Waals surface area contributed by atoms with E-state index in [1.165, 1.54) is 18.4 Å². The van der Waals surface area contributed by atoms with Crippen LogP contribution in [0.15, 0.2) is 23.4 Å². The van der Waals surface area contributed by atoms with Crippen molar-refractivity contribution in [2.75, 3.05) is 0 Å². The molecular weight excluding hydrogens is 211 g/mol. The van der Waals surface area contributed by atoms with Crippen LogP contribution in [0.4, 0.5) is 0 Å². The molecule has 0 amide bonds. The molecule has 1 saturated carbocycles. The smallest absolute Gasteiger partial charge is 0.267 e. The van der Waals surface area contributed by atoms with Crippen LogP contribution in [0.25, 0.3) is 0 Å². The Morgan fingerprint density at radius 1 is 1.53 bits per heavy atom. The zero-order valence-corrected chi connectivity index (χ0v) is 9.24. The average Bonchev–Trinajstić information content (AvgIpc) is 2.81. The van der Waals surface area contributed by atoms with Crippen LogP contribution in [0.1, 0.15) is 25.7 Å². The molecule has 80 valence electrons. The van der Waals surface area contributed by atoms with Crippen LogP contribution in [-0.4, -0.2) is 10.4 Å². The number of hydrogen-bond acceptors (Lipinski definition) is 2. The zero-order valence-electron chi connectivity index (χ0n) is 8.35. The minimum atomic E-state index is -2.93. The van der Waals surface area contributed by atoms with E-state index < -0.39 is 7.67 Å². The van der Waals surface area contributed by atoms with Gasteiger partial charge in [-0.2, -0.15) is 0 Å². The Labute approximate surface area is 88.3 Å². The molecule has 3 fully saturated rings. The van der Waals surface area contributed by atoms with Gasteiger partial charge in [0.05, 0.1) is 5.70 Å². The van der Waals surface area contributed by atoms with Crippen molar-refractivity contribution in [3.05, 3.63) is 23.4 Å². The Morgan fingerprint density at radius 2 is 2.40 bits per heavy atom. The summed E-state index contributed by atoms with van der Waals surface area (Å²) in [4.78, 5) is 0. The second-order valence-electron chi connectivity index (χ2n) is 4.76. The van der Waals surface area contributed by atoms with Crippen molar-refractivity contribution >= 4 is 7.67 Å². The van der Waals surface area contributed by atoms with Crippen molar-refractivity contribution in [2.24, 2.45) is 11.4 Å². The quantitative estimate of drug-likeness (QED) is 0.505. The van der Waals surface area contributed by atoms with E-state index in [1.807, 2.05) is 6.08 Å². The molecule has 4 aliphatic rings. The molecule has 3 atom stereocenters. The predicted molar refractivity (Wildman–Crippen MR) is 55.6 cm³/mol. The van der Waals surface area contributed by atoms with Crippen molar-refractivity contribution in [1.29, 1.82) is 0 Å². The molecule has 3 unspecified atom stereocenters. The van der Waals surface area contributed by atoms with Gasteiger partial charge in [0.1, 0.15) is 0 Å². The van der Waals surface area contributed by atoms with Crippen LogP contribution < -0.4 is 5.50 Å². The van der Waals surface area contributed by atoms with Crippen LogP contribution in [0, 0.1) is 5.92 Å². The van der Waals surface area contributed by atoms with Crippen molar-refractivity contribution in [3.8, 4) is 0 Å². The van der Waals surface area contributed by atoms with Crippen molar-refractivity contribution < 1.29 is 9.09 Å². The van der Waals surface area contributed by atoms with Gasteiger partial charge in [0.15, 0.2) is 0 Å². The second kappa shape index (κ2) is 2.24. The van der Waals surface area contributed by atoms with Gasteiger partial charge in [-0.3, -0.25) is 9.19 Å². The van der Waals surface area contributed by atoms with Gasteiger partial charge in [-0.15, -0.1) is 0 Å². The first-order chi connectivity index (χ1) is 7.16. The third-order valence-corrected chi connectivity index (χ3v) is 5.60. The van der Waals surface area contributed by atoms with Gasteiger partial charge in [0.25, 0.3) is 0 Å². The van der Waals surface area contributed by atoms with Gasteiger partial charge in [0, 0.05) is 5.92 Å². The Morgan fingerprint density at radius 3 is 3.20 bits per heavy atom. The molecule has 5 heteroatoms. The Balaban J connectivity index is 1.78. The summed E-state index contributed by atoms with van der Waals surface area (Å²) in [6.45, 7) is 0. The molecule has 2 aliphatic carbocycles. The lowest BCUT2D eigenvalue weighted by atomic mass is 9.78. The number of hydrogen-bond donors (Lipinski definition) is 1. The molecule has 0 aromatic rings. The van der Waals surface area contributed by atoms with Crippen LogP contribution in [0.3, 0.4) is 0 Å². The van der Waals surface area contributed by atoms with Gasteiger partial charge in [-0.25, -0.2) is 10.1 Å². The Bertz CT molecular complexity index is 470. The lowest BCUT2D eigenvalue weighted by Crippen LogP contribution is -2.42. The summed E-state index contributed by atoms with van der Waals surface area (Å²) >= 11 is 0. The summed E-state index contributed by atoms with van der Waals surface area (Å²) in [7, 11) is -2.93. The number of fused-ring (bicyclic) bond motifs is 2. The molecule has 0 aromatic carbocycles. The standard InChI is InChI=1S/C10H13N2O2P/c11-15(13)12-9-6-5-7-3-1-2-4-8(7)10(9,12)14-15/h5-6,8H,1-4H2,(H2,11,13). The molecule has 0 bridgehead atoms. The lowest BCUT2D eigenvalue weighted by molar-refractivity contribution is 0.0247. The molecular formula is C10H13N2O2P. The van der Waals surface area contributed by atoms with E-state index in [4.69, 9.17) is 10.0 Å². The van der Waals surface area contributed by atoms with Gasteiger partial charge >= 0.3 is 7.67 Å². The fourth-order valence-electron chi connectivity index (χ4n) is 3.35. The van der Waals surface area contributed by atoms with E-state index >= 15 is 0 Å². The first kappa shape index (κ1) is 8.57. The van der Waals surface area contributed by atoms with Crippen LogP contribution >= 0.6 is 7.67 Å². The number of rotatable bonds is 0. The molecule has 1 spiro atoms. The average molecular weight is 224 g/mol. The normalized spacial score (nSPS) is 50.5. The van der Waals surface area contributed by atoms with Gasteiger partial charge in [-0.1, -0.05) is 18.1 Å². The molecule has 15 heavy (non-hydrogen) atoms. The summed E-state index contributed by atoms with van der Waals surface area (Å²) < 4.78 is 19.0. The van der Waals surface area contributed by atoms with E-state index in [-0.39, 0.29) is 5.72 Å². The lowest BCUT2D eigenvalue weighted by Gasteiger charge is -2.40. The molecule has 2 aliphatic heterocycles. The second-order valence-corrected chi connectivity index (χ2v) is 6.47. The summed E-state index contributed by atoms with van der Waals surface area (Å²) in [6, 6.07) is 0. The van der Waals surface area contributed by atoms with Crippen molar-refractivity contribution in [1.82, 2.24) is 4.67 Å². The highest BCUT2D eigenvalue weighted by Gasteiger charge is 2.81. The number of nitrogens with zero attached hydrogens (tertiary/aromatic N) is 1. The molecule has 0 aromatic heterocycles. The van der Waals surface area contributed by atoms with Crippen molar-refractivity contribution in [2.45, 2.75) is 31.4 Å². The SMILES string of the molecule is NP1(=O)OC23C(=CC=C4CCCCC42)N31. The monoisotopic (exact) mass is 224 g/mol. The van der Waals surface area contributed by atoms with Crippen LogP contribution in [0.2, 0.25) is 0 Å². The van der Waals surface area contributed by atoms with E-state index in [9.17, 15) is 4.57 Å². The molecule has 2 saturated heterocycles. The molecule has 2 heterocycles. The summed E-state index contributed by atoms with van der Waals surface area (Å²) in [5, 5.41) is 0. The fraction of sp³-hybridized carbons (Fsp3) is 0.600. The third kappa shape index (κ3) is 0.780. The molecule has 4 nitrogen and oxygen atoms in total. The number of allylic oxidation sites excluding steroid dienone is 2. The summed E-state index contributed by atoms with van der Waals surface area (Å²) in [5.74, 6) is 0.414. The maximum absolute atomic E-state index is 11.7. The highest BCUT2D eigenvalue weighted by Crippen LogP contribution is 2.82. The number of nitrogens with two attached hydrogens (primary N) is 1. The topological polar surface area (TPSA) is 55.3 Å². The maximum Gasteiger partial charge on any atom is 0.370 e. The first-order valence-corrected chi connectivity index (χ1v) is 7.12. The van der Waals surface area contributed by atoms with Gasteiger partial charge < -0.3 is 0 Å². The largest absolute Gasteiger partial charge is 0.370 e. The predicted octanol–water partition coefficient (Wildman–Crippen LogP) is 2.11. The third-order valence-electron chi connectivity index (χ3n) is 3.99. The maximum atomic E-state index is 11.7. The van der Waals surface area contributed by atoms with E-state index in [1.54, 1.807) is 4.67 Å². The van der Waals surface area contributed by atoms with Crippen LogP contribution in [0.5, 0.6) is 0 Å². The summed E-state index contributed by atoms with van der Waals surface area (Å²) in [5.41, 5.74) is 7.72. The highest BCUT2D eigenvalue weighted by molar-refractivity contribution is 7.56. The first-order valence-electron chi connectivity index (χ1n) is 5.47. The van der Waals surface area contributed by atoms with E-state index in [0.29, 0.717) is 5.92 Å². The zero-order chi connectivity index (χ0) is 10.3. The van der Waals surface area contributed by atoms with Crippen LogP contribution in [-0.2, 0) is 9.09 Å². The fourth-order valence-corrected chi connectivity index (χ4v) is 5.19. The van der Waals surface area contributed by atoms with Gasteiger partial charge in [-0.05, 0) is 25.3 Å². The minimum absolute atomic E-state index is 0.352. The summed E-state index contributed by atoms with van der Waals surface area (Å²) in [6.07, 6.45) is 9.00. The molecule has 2 N–H and O–H groups in total. The Kier molecular flexibility index (Phi) is 1.28. The Hall–Kier alpha value is -0.570. The van der Waals surface area contributed by atoms with E-state index in [0.717, 1.165) is 18.5 Å². The minimum Gasteiger partial charge on any atom is -0.267 e. The van der Waals surface area contributed by atoms with Gasteiger partial charge in [0.2, 0.25) is 5.72 Å². The molecule has 0 radical (unpaired) electrons. The van der Waals surface area contributed by atoms with E-state index in [2.05, 4.69) is 6.08 Å². The van der Waals surface area contributed by atoms with Crippen molar-refractivity contribution in [3.63, 3.8) is 0 Å². The highest BCUT2D eigenvalue weighted by atomic mass is 31.2.